The molecule has 1 atom stereocenters. The zero-order valence-electron chi connectivity index (χ0n) is 17.9. The van der Waals surface area contributed by atoms with Gasteiger partial charge in [-0.25, -0.2) is 0 Å². The van der Waals surface area contributed by atoms with Gasteiger partial charge in [0.1, 0.15) is 6.04 Å². The molecule has 1 aliphatic heterocycles. The van der Waals surface area contributed by atoms with E-state index in [-0.39, 0.29) is 11.8 Å². The average Bonchev–Trinajstić information content (AvgIpc) is 3.18. The van der Waals surface area contributed by atoms with Crippen LogP contribution in [0.3, 0.4) is 0 Å². The quantitative estimate of drug-likeness (QED) is 0.582. The molecule has 0 radical (unpaired) electrons. The minimum Gasteiger partial charge on any atom is -0.370 e. The first-order valence-corrected chi connectivity index (χ1v) is 10.6. The number of nitrogens with zero attached hydrogens (tertiary/aromatic N) is 1. The van der Waals surface area contributed by atoms with Crippen LogP contribution in [0.15, 0.2) is 72.8 Å². The van der Waals surface area contributed by atoms with Gasteiger partial charge in [-0.2, -0.15) is 0 Å². The second kappa shape index (κ2) is 9.04. The summed E-state index contributed by atoms with van der Waals surface area (Å²) in [5.41, 5.74) is 5.49. The summed E-state index contributed by atoms with van der Waals surface area (Å²) in [5.74, 6) is 0.00294. The van der Waals surface area contributed by atoms with Gasteiger partial charge in [-0.05, 0) is 67.3 Å². The van der Waals surface area contributed by atoms with Crippen LogP contribution in [0.4, 0.5) is 17.1 Å². The molecule has 3 aromatic rings. The van der Waals surface area contributed by atoms with Crippen molar-refractivity contribution in [3.63, 3.8) is 0 Å². The van der Waals surface area contributed by atoms with E-state index in [0.717, 1.165) is 46.7 Å². The number of amides is 2. The van der Waals surface area contributed by atoms with Gasteiger partial charge in [-0.15, -0.1) is 0 Å². The van der Waals surface area contributed by atoms with E-state index in [1.54, 1.807) is 4.90 Å². The summed E-state index contributed by atoms with van der Waals surface area (Å²) >= 11 is 0. The van der Waals surface area contributed by atoms with Gasteiger partial charge in [-0.1, -0.05) is 42.5 Å². The molecule has 3 aromatic carbocycles. The highest BCUT2D eigenvalue weighted by atomic mass is 16.2. The number of rotatable bonds is 6. The Balaban J connectivity index is 1.60. The Morgan fingerprint density at radius 3 is 2.32 bits per heavy atom. The summed E-state index contributed by atoms with van der Waals surface area (Å²) in [5, 5.41) is 6.43. The second-order valence-electron chi connectivity index (χ2n) is 8.05. The van der Waals surface area contributed by atoms with Crippen molar-refractivity contribution in [2.24, 2.45) is 0 Å². The fraction of sp³-hybridized carbons (Fsp3) is 0.231. The van der Waals surface area contributed by atoms with Gasteiger partial charge < -0.3 is 15.5 Å². The summed E-state index contributed by atoms with van der Waals surface area (Å²) in [6, 6.07) is 22.8. The van der Waals surface area contributed by atoms with E-state index in [2.05, 4.69) is 16.7 Å². The van der Waals surface area contributed by atoms with Gasteiger partial charge in [0, 0.05) is 30.0 Å². The van der Waals surface area contributed by atoms with Crippen molar-refractivity contribution < 1.29 is 9.59 Å². The minimum absolute atomic E-state index is 0.140. The van der Waals surface area contributed by atoms with Gasteiger partial charge in [0.05, 0.1) is 0 Å². The lowest BCUT2D eigenvalue weighted by molar-refractivity contribution is -0.117. The molecule has 2 amide bonds. The van der Waals surface area contributed by atoms with Crippen molar-refractivity contribution in [2.75, 3.05) is 22.1 Å². The Hall–Kier alpha value is -3.60. The van der Waals surface area contributed by atoms with Gasteiger partial charge in [0.25, 0.3) is 5.91 Å². The third kappa shape index (κ3) is 4.94. The minimum atomic E-state index is -0.577. The van der Waals surface area contributed by atoms with Crippen molar-refractivity contribution in [1.82, 2.24) is 0 Å². The molecule has 0 aromatic heterocycles. The Bertz CT molecular complexity index is 1070. The van der Waals surface area contributed by atoms with Crippen LogP contribution >= 0.6 is 0 Å². The topological polar surface area (TPSA) is 61.4 Å². The molecule has 0 saturated carbocycles. The van der Waals surface area contributed by atoms with Gasteiger partial charge >= 0.3 is 0 Å². The van der Waals surface area contributed by atoms with Crippen LogP contribution in [-0.4, -0.2) is 18.4 Å². The Kier molecular flexibility index (Phi) is 6.03. The van der Waals surface area contributed by atoms with Crippen molar-refractivity contribution >= 4 is 28.9 Å². The Morgan fingerprint density at radius 1 is 0.903 bits per heavy atom. The maximum atomic E-state index is 13.3. The smallest absolute Gasteiger partial charge is 0.251 e. The van der Waals surface area contributed by atoms with Crippen molar-refractivity contribution in [2.45, 2.75) is 32.7 Å². The van der Waals surface area contributed by atoms with E-state index in [1.807, 2.05) is 80.6 Å². The fourth-order valence-corrected chi connectivity index (χ4v) is 4.06. The number of benzene rings is 3. The monoisotopic (exact) mass is 413 g/mol. The van der Waals surface area contributed by atoms with E-state index in [4.69, 9.17) is 0 Å². The van der Waals surface area contributed by atoms with Crippen LogP contribution in [0, 0.1) is 13.8 Å². The zero-order valence-corrected chi connectivity index (χ0v) is 17.9. The average molecular weight is 414 g/mol. The van der Waals surface area contributed by atoms with Crippen molar-refractivity contribution in [3.8, 4) is 0 Å². The fourth-order valence-electron chi connectivity index (χ4n) is 4.06. The van der Waals surface area contributed by atoms with E-state index < -0.39 is 6.04 Å². The maximum absolute atomic E-state index is 13.3. The lowest BCUT2D eigenvalue weighted by Crippen LogP contribution is -2.28. The van der Waals surface area contributed by atoms with E-state index in [1.165, 1.54) is 0 Å². The molecule has 5 heteroatoms. The largest absolute Gasteiger partial charge is 0.370 e. The molecule has 0 bridgehead atoms. The summed E-state index contributed by atoms with van der Waals surface area (Å²) in [6.07, 6.45) is 1.46. The van der Waals surface area contributed by atoms with Gasteiger partial charge in [-0.3, -0.25) is 9.59 Å². The standard InChI is InChI=1S/C26H27N3O2/c1-18-14-19(2)16-22(15-18)28-26(31)25(20-8-4-3-5-9-20)27-21-10-6-11-23(17-21)29-13-7-12-24(29)30/h3-6,8-11,14-17,25,27H,7,12-13H2,1-2H3,(H,28,31)/t25-/m1/s1. The SMILES string of the molecule is Cc1cc(C)cc(NC(=O)[C@H](Nc2cccc(N3CCCC3=O)c2)c2ccccc2)c1. The molecule has 4 rings (SSSR count). The highest BCUT2D eigenvalue weighted by molar-refractivity contribution is 5.98. The molecule has 2 N–H and O–H groups in total. The predicted molar refractivity (Wildman–Crippen MR) is 125 cm³/mol. The highest BCUT2D eigenvalue weighted by Crippen LogP contribution is 2.27. The zero-order chi connectivity index (χ0) is 21.8. The third-order valence-electron chi connectivity index (χ3n) is 5.43. The molecule has 1 fully saturated rings. The van der Waals surface area contributed by atoms with Gasteiger partial charge in [0.2, 0.25) is 5.91 Å². The predicted octanol–water partition coefficient (Wildman–Crippen LogP) is 5.22. The van der Waals surface area contributed by atoms with Crippen LogP contribution in [-0.2, 0) is 9.59 Å². The van der Waals surface area contributed by atoms with Crippen LogP contribution in [0.25, 0.3) is 0 Å². The van der Waals surface area contributed by atoms with Crippen LogP contribution < -0.4 is 15.5 Å². The molecular weight excluding hydrogens is 386 g/mol. The lowest BCUT2D eigenvalue weighted by atomic mass is 10.0. The summed E-state index contributed by atoms with van der Waals surface area (Å²) in [7, 11) is 0. The molecular formula is C26H27N3O2. The van der Waals surface area contributed by atoms with E-state index in [0.29, 0.717) is 6.42 Å². The first-order chi connectivity index (χ1) is 15.0. The third-order valence-corrected chi connectivity index (χ3v) is 5.43. The van der Waals surface area contributed by atoms with Crippen LogP contribution in [0.1, 0.15) is 35.6 Å². The first-order valence-electron chi connectivity index (χ1n) is 10.6. The Labute approximate surface area is 183 Å². The number of carbonyl (C=O) groups excluding carboxylic acids is 2. The van der Waals surface area contributed by atoms with E-state index in [9.17, 15) is 9.59 Å². The lowest BCUT2D eigenvalue weighted by Gasteiger charge is -2.22. The normalized spacial score (nSPS) is 14.4. The second-order valence-corrected chi connectivity index (χ2v) is 8.05. The molecule has 5 nitrogen and oxygen atoms in total. The molecule has 0 aliphatic carbocycles. The van der Waals surface area contributed by atoms with Crippen molar-refractivity contribution in [1.29, 1.82) is 0 Å². The molecule has 1 heterocycles. The number of anilines is 3. The molecule has 31 heavy (non-hydrogen) atoms. The van der Waals surface area contributed by atoms with Gasteiger partial charge in [0.15, 0.2) is 0 Å². The molecule has 158 valence electrons. The van der Waals surface area contributed by atoms with Crippen LogP contribution in [0.2, 0.25) is 0 Å². The first kappa shape index (κ1) is 20.7. The van der Waals surface area contributed by atoms with E-state index >= 15 is 0 Å². The number of carbonyl (C=O) groups is 2. The Morgan fingerprint density at radius 2 is 1.65 bits per heavy atom. The molecule has 0 spiro atoms. The van der Waals surface area contributed by atoms with Crippen LogP contribution in [0.5, 0.6) is 0 Å². The summed E-state index contributed by atoms with van der Waals surface area (Å²) < 4.78 is 0. The number of nitrogens with one attached hydrogen (secondary N) is 2. The molecule has 1 saturated heterocycles. The number of hydrogen-bond acceptors (Lipinski definition) is 3. The molecule has 0 unspecified atom stereocenters. The summed E-state index contributed by atoms with van der Waals surface area (Å²) in [6.45, 7) is 4.76. The highest BCUT2D eigenvalue weighted by Gasteiger charge is 2.24. The van der Waals surface area contributed by atoms with Crippen molar-refractivity contribution in [3.05, 3.63) is 89.5 Å². The number of aryl methyl sites for hydroxylation is 2. The molecule has 1 aliphatic rings. The number of hydrogen-bond donors (Lipinski definition) is 2. The maximum Gasteiger partial charge on any atom is 0.251 e. The summed E-state index contributed by atoms with van der Waals surface area (Å²) in [4.78, 5) is 27.2.